The van der Waals surface area contributed by atoms with Gasteiger partial charge in [-0.1, -0.05) is 0 Å². The molecule has 1 rings (SSSR count). The molecule has 0 aliphatic rings. The van der Waals surface area contributed by atoms with Gasteiger partial charge in [-0.2, -0.15) is 18.2 Å². The van der Waals surface area contributed by atoms with E-state index in [-0.39, 0.29) is 23.3 Å². The second kappa shape index (κ2) is 4.73. The number of halogens is 4. The van der Waals surface area contributed by atoms with Gasteiger partial charge < -0.3 is 10.6 Å². The molecule has 0 spiro atoms. The maximum Gasteiger partial charge on any atom is 0.405 e. The van der Waals surface area contributed by atoms with Crippen molar-refractivity contribution in [3.05, 3.63) is 11.5 Å². The van der Waals surface area contributed by atoms with Crippen LogP contribution in [-0.4, -0.2) is 29.2 Å². The first-order valence-electron chi connectivity index (χ1n) is 4.43. The quantitative estimate of drug-likeness (QED) is 0.840. The largest absolute Gasteiger partial charge is 0.405 e. The summed E-state index contributed by atoms with van der Waals surface area (Å²) in [5.41, 5.74) is 5.56. The van der Waals surface area contributed by atoms with Gasteiger partial charge in [-0.15, -0.1) is 0 Å². The molecule has 1 aromatic rings. The van der Waals surface area contributed by atoms with Crippen LogP contribution in [0.15, 0.2) is 6.20 Å². The van der Waals surface area contributed by atoms with E-state index in [4.69, 9.17) is 17.3 Å². The molecule has 1 aromatic heterocycles. The number of hydrogen-bond acceptors (Lipinski definition) is 4. The summed E-state index contributed by atoms with van der Waals surface area (Å²) >= 11 is 5.50. The highest BCUT2D eigenvalue weighted by atomic mass is 35.5. The molecule has 0 atom stereocenters. The lowest BCUT2D eigenvalue weighted by Crippen LogP contribution is -2.35. The van der Waals surface area contributed by atoms with Crippen molar-refractivity contribution < 1.29 is 13.2 Å². The van der Waals surface area contributed by atoms with Gasteiger partial charge in [0.1, 0.15) is 6.54 Å². The predicted molar refractivity (Wildman–Crippen MR) is 55.4 cm³/mol. The molecule has 0 saturated carbocycles. The minimum absolute atomic E-state index is 0.000162. The first-order chi connectivity index (χ1) is 7.33. The molecule has 90 valence electrons. The van der Waals surface area contributed by atoms with E-state index in [0.29, 0.717) is 0 Å². The molecular weight excluding hydrogens is 245 g/mol. The minimum atomic E-state index is -4.32. The fraction of sp³-hybridized carbons (Fsp3) is 0.500. The van der Waals surface area contributed by atoms with E-state index in [9.17, 15) is 13.2 Å². The Morgan fingerprint density at radius 2 is 2.12 bits per heavy atom. The Morgan fingerprint density at radius 3 is 2.62 bits per heavy atom. The maximum absolute atomic E-state index is 12.3. The molecule has 0 bridgehead atoms. The molecule has 1 heterocycles. The fourth-order valence-corrected chi connectivity index (χ4v) is 1.30. The van der Waals surface area contributed by atoms with Crippen LogP contribution in [0.25, 0.3) is 0 Å². The summed E-state index contributed by atoms with van der Waals surface area (Å²) < 4.78 is 36.8. The standard InChI is InChI=1S/C8H10ClF3N4/c1-2-16(4-8(10,11)12)6-5(13)3-14-7(9)15-6/h3H,2,4,13H2,1H3. The normalized spacial score (nSPS) is 11.6. The lowest BCUT2D eigenvalue weighted by molar-refractivity contribution is -0.119. The molecule has 0 radical (unpaired) electrons. The van der Waals surface area contributed by atoms with Crippen LogP contribution in [0, 0.1) is 0 Å². The smallest absolute Gasteiger partial charge is 0.394 e. The Labute approximate surface area is 95.2 Å². The van der Waals surface area contributed by atoms with Gasteiger partial charge in [0.05, 0.1) is 11.9 Å². The van der Waals surface area contributed by atoms with Crippen LogP contribution < -0.4 is 10.6 Å². The monoisotopic (exact) mass is 254 g/mol. The van der Waals surface area contributed by atoms with Crippen molar-refractivity contribution in [3.63, 3.8) is 0 Å². The van der Waals surface area contributed by atoms with Crippen molar-refractivity contribution in [2.75, 3.05) is 23.7 Å². The Hall–Kier alpha value is -1.24. The lowest BCUT2D eigenvalue weighted by atomic mass is 10.4. The Kier molecular flexibility index (Phi) is 3.79. The van der Waals surface area contributed by atoms with E-state index in [1.807, 2.05) is 0 Å². The van der Waals surface area contributed by atoms with Crippen LogP contribution in [0.1, 0.15) is 6.92 Å². The highest BCUT2D eigenvalue weighted by Crippen LogP contribution is 2.25. The van der Waals surface area contributed by atoms with E-state index in [1.165, 1.54) is 6.20 Å². The number of rotatable bonds is 3. The number of nitrogens with zero attached hydrogens (tertiary/aromatic N) is 3. The molecule has 8 heteroatoms. The van der Waals surface area contributed by atoms with Crippen molar-refractivity contribution in [3.8, 4) is 0 Å². The number of alkyl halides is 3. The van der Waals surface area contributed by atoms with Crippen molar-refractivity contribution >= 4 is 23.1 Å². The summed E-state index contributed by atoms with van der Waals surface area (Å²) in [7, 11) is 0. The molecule has 2 N–H and O–H groups in total. The molecule has 0 aromatic carbocycles. The van der Waals surface area contributed by atoms with E-state index in [2.05, 4.69) is 9.97 Å². The van der Waals surface area contributed by atoms with Gasteiger partial charge in [-0.3, -0.25) is 0 Å². The highest BCUT2D eigenvalue weighted by Gasteiger charge is 2.31. The summed E-state index contributed by atoms with van der Waals surface area (Å²) in [5, 5.41) is -0.134. The van der Waals surface area contributed by atoms with Gasteiger partial charge in [-0.25, -0.2) is 4.98 Å². The van der Waals surface area contributed by atoms with Gasteiger partial charge in [0.25, 0.3) is 0 Å². The Balaban J connectivity index is 2.99. The first-order valence-corrected chi connectivity index (χ1v) is 4.81. The third-order valence-corrected chi connectivity index (χ3v) is 2.00. The zero-order chi connectivity index (χ0) is 12.3. The lowest BCUT2D eigenvalue weighted by Gasteiger charge is -2.24. The van der Waals surface area contributed by atoms with Crippen LogP contribution in [-0.2, 0) is 0 Å². The molecule has 4 nitrogen and oxygen atoms in total. The fourth-order valence-electron chi connectivity index (χ4n) is 1.17. The molecule has 0 saturated heterocycles. The summed E-state index contributed by atoms with van der Waals surface area (Å²) in [6, 6.07) is 0. The molecular formula is C8H10ClF3N4. The number of aromatic nitrogens is 2. The number of hydrogen-bond donors (Lipinski definition) is 1. The summed E-state index contributed by atoms with van der Waals surface area (Å²) in [6.07, 6.45) is -3.14. The van der Waals surface area contributed by atoms with E-state index in [0.717, 1.165) is 4.90 Å². The van der Waals surface area contributed by atoms with Crippen molar-refractivity contribution in [1.29, 1.82) is 0 Å². The summed E-state index contributed by atoms with van der Waals surface area (Å²) in [6.45, 7) is 0.569. The third kappa shape index (κ3) is 3.41. The second-order valence-corrected chi connectivity index (χ2v) is 3.39. The van der Waals surface area contributed by atoms with Crippen LogP contribution in [0.3, 0.4) is 0 Å². The molecule has 0 amide bonds. The SMILES string of the molecule is CCN(CC(F)(F)F)c1nc(Cl)ncc1N. The average Bonchev–Trinajstić information content (AvgIpc) is 2.17. The topological polar surface area (TPSA) is 55.0 Å². The van der Waals surface area contributed by atoms with Crippen LogP contribution in [0.4, 0.5) is 24.7 Å². The van der Waals surface area contributed by atoms with E-state index < -0.39 is 12.7 Å². The van der Waals surface area contributed by atoms with Gasteiger partial charge >= 0.3 is 6.18 Å². The second-order valence-electron chi connectivity index (χ2n) is 3.05. The maximum atomic E-state index is 12.3. The average molecular weight is 255 g/mol. The zero-order valence-corrected chi connectivity index (χ0v) is 9.18. The molecule has 16 heavy (non-hydrogen) atoms. The number of anilines is 2. The van der Waals surface area contributed by atoms with Crippen LogP contribution in [0.5, 0.6) is 0 Å². The van der Waals surface area contributed by atoms with Crippen LogP contribution in [0.2, 0.25) is 5.28 Å². The molecule has 0 unspecified atom stereocenters. The minimum Gasteiger partial charge on any atom is -0.394 e. The van der Waals surface area contributed by atoms with Gasteiger partial charge in [-0.05, 0) is 18.5 Å². The van der Waals surface area contributed by atoms with Crippen molar-refractivity contribution in [2.24, 2.45) is 0 Å². The van der Waals surface area contributed by atoms with E-state index >= 15 is 0 Å². The molecule has 0 fully saturated rings. The first kappa shape index (κ1) is 12.8. The van der Waals surface area contributed by atoms with Crippen molar-refractivity contribution in [2.45, 2.75) is 13.1 Å². The Morgan fingerprint density at radius 1 is 1.50 bits per heavy atom. The van der Waals surface area contributed by atoms with E-state index in [1.54, 1.807) is 6.92 Å². The number of nitrogens with two attached hydrogens (primary N) is 1. The van der Waals surface area contributed by atoms with Crippen molar-refractivity contribution in [1.82, 2.24) is 9.97 Å². The molecule has 0 aliphatic carbocycles. The molecule has 0 aliphatic heterocycles. The third-order valence-electron chi connectivity index (χ3n) is 1.82. The summed E-state index contributed by atoms with van der Waals surface area (Å²) in [5.74, 6) is -0.000162. The van der Waals surface area contributed by atoms with Gasteiger partial charge in [0, 0.05) is 6.54 Å². The van der Waals surface area contributed by atoms with Gasteiger partial charge in [0.15, 0.2) is 5.82 Å². The number of nitrogen functional groups attached to an aromatic ring is 1. The predicted octanol–water partition coefficient (Wildman–Crippen LogP) is 2.10. The van der Waals surface area contributed by atoms with Crippen LogP contribution >= 0.6 is 11.6 Å². The Bertz CT molecular complexity index is 369. The van der Waals surface area contributed by atoms with Gasteiger partial charge in [0.2, 0.25) is 5.28 Å². The highest BCUT2D eigenvalue weighted by molar-refractivity contribution is 6.28. The zero-order valence-electron chi connectivity index (χ0n) is 8.42. The summed E-state index contributed by atoms with van der Waals surface area (Å²) in [4.78, 5) is 8.25.